The SMILES string of the molecule is CC/C(=C(/c1ccc(OCCNC2CCCCC2)cc1)c1ccc(OCOC)cc1)c1ccc2c(c1)OCO2. The monoisotopic (exact) mass is 529 g/mol. The van der Waals surface area contributed by atoms with E-state index in [4.69, 9.17) is 23.7 Å². The molecule has 0 aromatic heterocycles. The molecule has 6 heteroatoms. The van der Waals surface area contributed by atoms with Crippen LogP contribution in [0, 0.1) is 0 Å². The average molecular weight is 530 g/mol. The van der Waals surface area contributed by atoms with Gasteiger partial charge in [0.25, 0.3) is 0 Å². The fourth-order valence-electron chi connectivity index (χ4n) is 5.43. The van der Waals surface area contributed by atoms with Gasteiger partial charge in [-0.2, -0.15) is 0 Å². The fraction of sp³-hybridized carbons (Fsp3) is 0.394. The predicted molar refractivity (Wildman–Crippen MR) is 155 cm³/mol. The molecule has 6 nitrogen and oxygen atoms in total. The Hall–Kier alpha value is -3.48. The molecule has 0 atom stereocenters. The van der Waals surface area contributed by atoms with Gasteiger partial charge in [0.05, 0.1) is 0 Å². The molecule has 0 radical (unpaired) electrons. The number of nitrogens with one attached hydrogen (secondary N) is 1. The molecular formula is C33H39NO5. The molecule has 1 fully saturated rings. The zero-order chi connectivity index (χ0) is 26.9. The largest absolute Gasteiger partial charge is 0.492 e. The van der Waals surface area contributed by atoms with Crippen molar-refractivity contribution in [1.82, 2.24) is 5.32 Å². The number of fused-ring (bicyclic) bond motifs is 1. The Morgan fingerprint density at radius 2 is 1.44 bits per heavy atom. The topological polar surface area (TPSA) is 58.2 Å². The Bertz CT molecular complexity index is 1230. The summed E-state index contributed by atoms with van der Waals surface area (Å²) in [5, 5.41) is 3.65. The van der Waals surface area contributed by atoms with E-state index in [1.807, 2.05) is 18.2 Å². The third kappa shape index (κ3) is 6.94. The number of rotatable bonds is 12. The number of hydrogen-bond donors (Lipinski definition) is 1. The van der Waals surface area contributed by atoms with Crippen molar-refractivity contribution in [3.05, 3.63) is 83.4 Å². The summed E-state index contributed by atoms with van der Waals surface area (Å²) in [6.45, 7) is 4.21. The van der Waals surface area contributed by atoms with Gasteiger partial charge in [0.1, 0.15) is 18.1 Å². The first-order valence-electron chi connectivity index (χ1n) is 14.1. The number of hydrogen-bond acceptors (Lipinski definition) is 6. The van der Waals surface area contributed by atoms with Crippen LogP contribution in [0.3, 0.4) is 0 Å². The fourth-order valence-corrected chi connectivity index (χ4v) is 5.43. The molecule has 206 valence electrons. The molecule has 5 rings (SSSR count). The van der Waals surface area contributed by atoms with Crippen molar-refractivity contribution in [2.24, 2.45) is 0 Å². The van der Waals surface area contributed by atoms with E-state index in [2.05, 4.69) is 60.8 Å². The average Bonchev–Trinajstić information content (AvgIpc) is 3.46. The Kier molecular flexibility index (Phi) is 9.41. The molecule has 2 aliphatic rings. The molecule has 1 saturated carbocycles. The van der Waals surface area contributed by atoms with Crippen LogP contribution in [0.4, 0.5) is 0 Å². The molecule has 0 spiro atoms. The van der Waals surface area contributed by atoms with E-state index >= 15 is 0 Å². The highest BCUT2D eigenvalue weighted by Gasteiger charge is 2.18. The Balaban J connectivity index is 1.38. The summed E-state index contributed by atoms with van der Waals surface area (Å²) in [5.41, 5.74) is 5.75. The molecule has 1 aliphatic carbocycles. The molecule has 39 heavy (non-hydrogen) atoms. The van der Waals surface area contributed by atoms with Gasteiger partial charge in [0.2, 0.25) is 6.79 Å². The van der Waals surface area contributed by atoms with Crippen molar-refractivity contribution < 1.29 is 23.7 Å². The molecular weight excluding hydrogens is 490 g/mol. The molecule has 0 unspecified atom stereocenters. The summed E-state index contributed by atoms with van der Waals surface area (Å²) in [6.07, 6.45) is 7.47. The summed E-state index contributed by atoms with van der Waals surface area (Å²) in [6, 6.07) is 23.4. The van der Waals surface area contributed by atoms with Crippen LogP contribution in [0.2, 0.25) is 0 Å². The summed E-state index contributed by atoms with van der Waals surface area (Å²) in [7, 11) is 1.62. The third-order valence-corrected chi connectivity index (χ3v) is 7.41. The lowest BCUT2D eigenvalue weighted by Crippen LogP contribution is -2.34. The van der Waals surface area contributed by atoms with E-state index in [-0.39, 0.29) is 13.6 Å². The van der Waals surface area contributed by atoms with E-state index in [0.29, 0.717) is 12.6 Å². The summed E-state index contributed by atoms with van der Waals surface area (Å²) >= 11 is 0. The summed E-state index contributed by atoms with van der Waals surface area (Å²) < 4.78 is 28.0. The quantitative estimate of drug-likeness (QED) is 0.154. The lowest BCUT2D eigenvalue weighted by molar-refractivity contribution is 0.0511. The van der Waals surface area contributed by atoms with Gasteiger partial charge >= 0.3 is 0 Å². The summed E-state index contributed by atoms with van der Waals surface area (Å²) in [4.78, 5) is 0. The van der Waals surface area contributed by atoms with Crippen molar-refractivity contribution in [1.29, 1.82) is 0 Å². The minimum atomic E-state index is 0.219. The second kappa shape index (κ2) is 13.5. The van der Waals surface area contributed by atoms with Gasteiger partial charge in [-0.1, -0.05) is 56.5 Å². The molecule has 1 heterocycles. The molecule has 3 aromatic carbocycles. The van der Waals surface area contributed by atoms with E-state index in [9.17, 15) is 0 Å². The van der Waals surface area contributed by atoms with Gasteiger partial charge in [0, 0.05) is 19.7 Å². The van der Waals surface area contributed by atoms with Crippen LogP contribution in [0.15, 0.2) is 66.7 Å². The highest BCUT2D eigenvalue weighted by Crippen LogP contribution is 2.40. The first kappa shape index (κ1) is 27.1. The van der Waals surface area contributed by atoms with Gasteiger partial charge in [-0.05, 0) is 83.5 Å². The lowest BCUT2D eigenvalue weighted by Gasteiger charge is -2.22. The van der Waals surface area contributed by atoms with Crippen molar-refractivity contribution in [2.45, 2.75) is 51.5 Å². The van der Waals surface area contributed by atoms with E-state index in [0.717, 1.165) is 52.7 Å². The number of methoxy groups -OCH3 is 1. The molecule has 0 amide bonds. The smallest absolute Gasteiger partial charge is 0.231 e. The van der Waals surface area contributed by atoms with Gasteiger partial charge in [0.15, 0.2) is 18.3 Å². The van der Waals surface area contributed by atoms with Crippen LogP contribution < -0.4 is 24.3 Å². The number of ether oxygens (including phenoxy) is 5. The van der Waals surface area contributed by atoms with Crippen LogP contribution in [-0.4, -0.2) is 39.9 Å². The first-order chi connectivity index (χ1) is 19.2. The van der Waals surface area contributed by atoms with Crippen LogP contribution in [0.25, 0.3) is 11.1 Å². The van der Waals surface area contributed by atoms with E-state index in [1.54, 1.807) is 7.11 Å². The Morgan fingerprint density at radius 1 is 0.795 bits per heavy atom. The molecule has 3 aromatic rings. The number of benzene rings is 3. The van der Waals surface area contributed by atoms with Gasteiger partial charge < -0.3 is 29.0 Å². The van der Waals surface area contributed by atoms with E-state index in [1.165, 1.54) is 43.3 Å². The van der Waals surface area contributed by atoms with Crippen molar-refractivity contribution in [2.75, 3.05) is 33.8 Å². The standard InChI is InChI=1S/C33H39NO5/c1-3-30(26-13-18-31-32(21-26)39-23-38-31)33(25-11-16-29(17-12-25)37-22-35-2)24-9-14-28(15-10-24)36-20-19-34-27-7-5-4-6-8-27/h9-18,21,27,34H,3-8,19-20,22-23H2,1-2H3/b33-30+. The van der Waals surface area contributed by atoms with Crippen LogP contribution in [0.1, 0.15) is 62.1 Å². The van der Waals surface area contributed by atoms with Crippen LogP contribution >= 0.6 is 0 Å². The third-order valence-electron chi connectivity index (χ3n) is 7.41. The maximum Gasteiger partial charge on any atom is 0.231 e. The lowest BCUT2D eigenvalue weighted by atomic mass is 9.88. The molecule has 1 aliphatic heterocycles. The Morgan fingerprint density at radius 3 is 2.10 bits per heavy atom. The maximum absolute atomic E-state index is 6.08. The van der Waals surface area contributed by atoms with Gasteiger partial charge in [-0.3, -0.25) is 0 Å². The highest BCUT2D eigenvalue weighted by molar-refractivity contribution is 5.99. The predicted octanol–water partition coefficient (Wildman–Crippen LogP) is 7.07. The van der Waals surface area contributed by atoms with Gasteiger partial charge in [-0.25, -0.2) is 0 Å². The zero-order valence-corrected chi connectivity index (χ0v) is 23.0. The minimum absolute atomic E-state index is 0.219. The van der Waals surface area contributed by atoms with E-state index < -0.39 is 0 Å². The maximum atomic E-state index is 6.08. The molecule has 0 bridgehead atoms. The van der Waals surface area contributed by atoms with Crippen molar-refractivity contribution >= 4 is 11.1 Å². The van der Waals surface area contributed by atoms with Crippen molar-refractivity contribution in [3.63, 3.8) is 0 Å². The zero-order valence-electron chi connectivity index (χ0n) is 23.0. The number of allylic oxidation sites excluding steroid dienone is 1. The summed E-state index contributed by atoms with van der Waals surface area (Å²) in [5.74, 6) is 3.22. The second-order valence-electron chi connectivity index (χ2n) is 10.0. The van der Waals surface area contributed by atoms with Crippen LogP contribution in [-0.2, 0) is 4.74 Å². The van der Waals surface area contributed by atoms with Gasteiger partial charge in [-0.15, -0.1) is 0 Å². The molecule has 1 N–H and O–H groups in total. The van der Waals surface area contributed by atoms with Crippen molar-refractivity contribution in [3.8, 4) is 23.0 Å². The second-order valence-corrected chi connectivity index (χ2v) is 10.0. The highest BCUT2D eigenvalue weighted by atomic mass is 16.7. The first-order valence-corrected chi connectivity index (χ1v) is 14.1. The normalized spacial score (nSPS) is 15.6. The Labute approximate surface area is 231 Å². The van der Waals surface area contributed by atoms with Crippen LogP contribution in [0.5, 0.6) is 23.0 Å². The minimum Gasteiger partial charge on any atom is -0.492 e. The molecule has 0 saturated heterocycles.